The molecule has 0 radical (unpaired) electrons. The van der Waals surface area contributed by atoms with Crippen molar-refractivity contribution in [3.63, 3.8) is 0 Å². The van der Waals surface area contributed by atoms with Crippen LogP contribution in [0.2, 0.25) is 0 Å². The number of benzene rings is 3. The van der Waals surface area contributed by atoms with Crippen molar-refractivity contribution in [2.75, 3.05) is 7.11 Å². The fourth-order valence-electron chi connectivity index (χ4n) is 3.58. The normalized spacial score (nSPS) is 11.4. The zero-order valence-electron chi connectivity index (χ0n) is 16.8. The molecule has 0 bridgehead atoms. The van der Waals surface area contributed by atoms with E-state index in [-0.39, 0.29) is 5.76 Å². The van der Waals surface area contributed by atoms with E-state index in [0.29, 0.717) is 11.3 Å². The van der Waals surface area contributed by atoms with Crippen molar-refractivity contribution < 1.29 is 13.9 Å². The summed E-state index contributed by atoms with van der Waals surface area (Å²) in [6.45, 7) is 0. The number of hydrazone groups is 1. The average Bonchev–Trinajstić information content (AvgIpc) is 3.45. The van der Waals surface area contributed by atoms with E-state index in [1.807, 2.05) is 47.2 Å². The molecule has 3 aromatic carbocycles. The third-order valence-electron chi connectivity index (χ3n) is 5.11. The lowest BCUT2D eigenvalue weighted by atomic mass is 10.1. The molecular formula is C25H19N3O3. The van der Waals surface area contributed by atoms with Gasteiger partial charge in [0.05, 0.1) is 19.0 Å². The first-order valence-corrected chi connectivity index (χ1v) is 9.79. The first-order valence-electron chi connectivity index (χ1n) is 9.79. The smallest absolute Gasteiger partial charge is 0.307 e. The predicted molar refractivity (Wildman–Crippen MR) is 121 cm³/mol. The number of fused-ring (bicyclic) bond motifs is 2. The first kappa shape index (κ1) is 18.7. The molecule has 2 aromatic heterocycles. The molecule has 1 N–H and O–H groups in total. The minimum absolute atomic E-state index is 0.168. The zero-order valence-corrected chi connectivity index (χ0v) is 16.8. The lowest BCUT2D eigenvalue weighted by Gasteiger charge is -2.08. The number of rotatable bonds is 5. The molecule has 0 saturated heterocycles. The Hall–Kier alpha value is -4.32. The van der Waals surface area contributed by atoms with Crippen LogP contribution in [0.1, 0.15) is 16.2 Å². The van der Waals surface area contributed by atoms with Gasteiger partial charge in [-0.2, -0.15) is 5.10 Å². The van der Waals surface area contributed by atoms with Gasteiger partial charge in [0.2, 0.25) is 0 Å². The number of hydrogen-bond acceptors (Lipinski definition) is 4. The molecule has 1 amide bonds. The summed E-state index contributed by atoms with van der Waals surface area (Å²) in [4.78, 5) is 12.5. The SMILES string of the molecule is COc1cccc2cc(C(=O)N/N=C/c3cccn3-c3ccc4ccccc4c3)oc12. The number of amides is 1. The highest BCUT2D eigenvalue weighted by molar-refractivity contribution is 5.97. The molecule has 0 fully saturated rings. The van der Waals surface area contributed by atoms with Crippen LogP contribution in [0.25, 0.3) is 27.4 Å². The molecule has 0 aliphatic rings. The summed E-state index contributed by atoms with van der Waals surface area (Å²) in [5.74, 6) is 0.313. The number of para-hydroxylation sites is 1. The second kappa shape index (κ2) is 7.84. The Morgan fingerprint density at radius 3 is 2.68 bits per heavy atom. The number of furan rings is 1. The maximum absolute atomic E-state index is 12.5. The molecule has 0 aliphatic heterocycles. The van der Waals surface area contributed by atoms with E-state index >= 15 is 0 Å². The van der Waals surface area contributed by atoms with Gasteiger partial charge in [0, 0.05) is 17.3 Å². The molecule has 2 heterocycles. The Morgan fingerprint density at radius 2 is 1.81 bits per heavy atom. The van der Waals surface area contributed by atoms with Crippen LogP contribution in [0.4, 0.5) is 0 Å². The van der Waals surface area contributed by atoms with Crippen LogP contribution < -0.4 is 10.2 Å². The van der Waals surface area contributed by atoms with E-state index in [0.717, 1.165) is 22.2 Å². The maximum atomic E-state index is 12.5. The number of hydrogen-bond donors (Lipinski definition) is 1. The second-order valence-corrected chi connectivity index (χ2v) is 7.02. The van der Waals surface area contributed by atoms with Crippen LogP contribution in [-0.2, 0) is 0 Å². The molecule has 5 aromatic rings. The Balaban J connectivity index is 1.36. The van der Waals surface area contributed by atoms with Gasteiger partial charge < -0.3 is 13.7 Å². The van der Waals surface area contributed by atoms with Crippen LogP contribution in [0.3, 0.4) is 0 Å². The van der Waals surface area contributed by atoms with Crippen LogP contribution >= 0.6 is 0 Å². The Bertz CT molecular complexity index is 1430. The number of nitrogens with zero attached hydrogens (tertiary/aromatic N) is 2. The van der Waals surface area contributed by atoms with Gasteiger partial charge in [0.1, 0.15) is 0 Å². The molecule has 31 heavy (non-hydrogen) atoms. The number of methoxy groups -OCH3 is 1. The highest BCUT2D eigenvalue weighted by atomic mass is 16.5. The number of carbonyl (C=O) groups excluding carboxylic acids is 1. The summed E-state index contributed by atoms with van der Waals surface area (Å²) >= 11 is 0. The van der Waals surface area contributed by atoms with Crippen molar-refractivity contribution in [3.05, 3.63) is 96.5 Å². The maximum Gasteiger partial charge on any atom is 0.307 e. The molecule has 0 unspecified atom stereocenters. The van der Waals surface area contributed by atoms with Gasteiger partial charge in [-0.05, 0) is 47.2 Å². The number of aromatic nitrogens is 1. The Labute approximate surface area is 178 Å². The van der Waals surface area contributed by atoms with Crippen molar-refractivity contribution in [3.8, 4) is 11.4 Å². The number of ether oxygens (including phenoxy) is 1. The quantitative estimate of drug-likeness (QED) is 0.322. The third kappa shape index (κ3) is 3.55. The van der Waals surface area contributed by atoms with Crippen LogP contribution in [0.5, 0.6) is 5.75 Å². The summed E-state index contributed by atoms with van der Waals surface area (Å²) < 4.78 is 12.9. The molecule has 5 rings (SSSR count). The highest BCUT2D eigenvalue weighted by Crippen LogP contribution is 2.28. The summed E-state index contributed by atoms with van der Waals surface area (Å²) in [5, 5.41) is 7.25. The summed E-state index contributed by atoms with van der Waals surface area (Å²) in [6, 6.07) is 25.5. The topological polar surface area (TPSA) is 68.8 Å². The minimum Gasteiger partial charge on any atom is -0.493 e. The standard InChI is InChI=1S/C25H19N3O3/c1-30-22-10-4-8-19-15-23(31-24(19)22)25(29)27-26-16-21-9-5-13-28(21)20-12-11-17-6-2-3-7-18(17)14-20/h2-16H,1H3,(H,27,29)/b26-16+. The van der Waals surface area contributed by atoms with E-state index in [1.54, 1.807) is 25.5 Å². The van der Waals surface area contributed by atoms with Crippen molar-refractivity contribution in [1.29, 1.82) is 0 Å². The summed E-state index contributed by atoms with van der Waals surface area (Å²) in [5.41, 5.74) is 4.91. The van der Waals surface area contributed by atoms with Crippen molar-refractivity contribution in [2.24, 2.45) is 5.10 Å². The predicted octanol–water partition coefficient (Wildman–Crippen LogP) is 5.15. The van der Waals surface area contributed by atoms with E-state index in [2.05, 4.69) is 40.9 Å². The molecule has 6 nitrogen and oxygen atoms in total. The highest BCUT2D eigenvalue weighted by Gasteiger charge is 2.14. The second-order valence-electron chi connectivity index (χ2n) is 7.02. The minimum atomic E-state index is -0.432. The average molecular weight is 409 g/mol. The van der Waals surface area contributed by atoms with E-state index in [9.17, 15) is 4.79 Å². The van der Waals surface area contributed by atoms with Crippen LogP contribution in [0.15, 0.2) is 94.6 Å². The largest absolute Gasteiger partial charge is 0.493 e. The first-order chi connectivity index (χ1) is 15.2. The van der Waals surface area contributed by atoms with Gasteiger partial charge in [0.15, 0.2) is 17.1 Å². The zero-order chi connectivity index (χ0) is 21.2. The van der Waals surface area contributed by atoms with Crippen molar-refractivity contribution >= 4 is 33.9 Å². The molecule has 0 atom stereocenters. The number of nitrogens with one attached hydrogen (secondary N) is 1. The van der Waals surface area contributed by atoms with Crippen LogP contribution in [-0.4, -0.2) is 23.8 Å². The van der Waals surface area contributed by atoms with E-state index < -0.39 is 5.91 Å². The van der Waals surface area contributed by atoms with Gasteiger partial charge in [-0.1, -0.05) is 42.5 Å². The van der Waals surface area contributed by atoms with Crippen molar-refractivity contribution in [1.82, 2.24) is 9.99 Å². The monoisotopic (exact) mass is 409 g/mol. The van der Waals surface area contributed by atoms with Crippen molar-refractivity contribution in [2.45, 2.75) is 0 Å². The van der Waals surface area contributed by atoms with Gasteiger partial charge in [-0.3, -0.25) is 4.79 Å². The Kier molecular flexibility index (Phi) is 4.72. The fraction of sp³-hybridized carbons (Fsp3) is 0.0400. The summed E-state index contributed by atoms with van der Waals surface area (Å²) in [6.07, 6.45) is 3.56. The van der Waals surface area contributed by atoms with Gasteiger partial charge in [-0.15, -0.1) is 0 Å². The molecule has 0 saturated carbocycles. The fourth-order valence-corrected chi connectivity index (χ4v) is 3.58. The number of carbonyl (C=O) groups is 1. The van der Waals surface area contributed by atoms with Gasteiger partial charge >= 0.3 is 5.91 Å². The van der Waals surface area contributed by atoms with Gasteiger partial charge in [0.25, 0.3) is 0 Å². The Morgan fingerprint density at radius 1 is 0.968 bits per heavy atom. The third-order valence-corrected chi connectivity index (χ3v) is 5.11. The molecule has 152 valence electrons. The van der Waals surface area contributed by atoms with E-state index in [1.165, 1.54) is 5.39 Å². The van der Waals surface area contributed by atoms with Gasteiger partial charge in [-0.25, -0.2) is 5.43 Å². The van der Waals surface area contributed by atoms with E-state index in [4.69, 9.17) is 9.15 Å². The molecule has 6 heteroatoms. The van der Waals surface area contributed by atoms with Crippen LogP contribution in [0, 0.1) is 0 Å². The molecule has 0 aliphatic carbocycles. The lowest BCUT2D eigenvalue weighted by Crippen LogP contribution is -2.17. The molecular weight excluding hydrogens is 390 g/mol. The summed E-state index contributed by atoms with van der Waals surface area (Å²) in [7, 11) is 1.56. The molecule has 0 spiro atoms. The lowest BCUT2D eigenvalue weighted by molar-refractivity contribution is 0.0929.